The van der Waals surface area contributed by atoms with Crippen molar-refractivity contribution in [2.45, 2.75) is 25.9 Å². The van der Waals surface area contributed by atoms with E-state index in [2.05, 4.69) is 15.5 Å². The summed E-state index contributed by atoms with van der Waals surface area (Å²) in [5.41, 5.74) is 1.67. The van der Waals surface area contributed by atoms with Gasteiger partial charge in [-0.1, -0.05) is 36.4 Å². The number of aromatic nitrogens is 2. The van der Waals surface area contributed by atoms with Crippen molar-refractivity contribution < 1.29 is 9.53 Å². The van der Waals surface area contributed by atoms with Crippen LogP contribution in [0.4, 0.5) is 10.5 Å². The number of anilines is 1. The minimum atomic E-state index is -0.102. The third kappa shape index (κ3) is 4.00. The monoisotopic (exact) mass is 362 g/mol. The fourth-order valence-corrected chi connectivity index (χ4v) is 3.37. The van der Waals surface area contributed by atoms with Crippen LogP contribution in [0.25, 0.3) is 10.8 Å². The van der Waals surface area contributed by atoms with Gasteiger partial charge in [0.2, 0.25) is 5.88 Å². The van der Waals surface area contributed by atoms with Gasteiger partial charge in [-0.3, -0.25) is 0 Å². The maximum absolute atomic E-state index is 12.8. The van der Waals surface area contributed by atoms with E-state index in [9.17, 15) is 4.79 Å². The molecule has 0 saturated carbocycles. The SMILES string of the molecule is Cc1ccc(OC2CCCN(C(=O)Nc3cccc4ccccc34)C2)nn1. The second-order valence-corrected chi connectivity index (χ2v) is 6.80. The second-order valence-electron chi connectivity index (χ2n) is 6.80. The summed E-state index contributed by atoms with van der Waals surface area (Å²) in [4.78, 5) is 14.6. The Morgan fingerprint density at radius 2 is 1.96 bits per heavy atom. The maximum Gasteiger partial charge on any atom is 0.321 e. The van der Waals surface area contributed by atoms with Crippen LogP contribution in [-0.2, 0) is 0 Å². The molecule has 2 aromatic carbocycles. The van der Waals surface area contributed by atoms with Gasteiger partial charge in [-0.2, -0.15) is 5.10 Å². The molecule has 0 radical (unpaired) electrons. The number of benzene rings is 2. The van der Waals surface area contributed by atoms with Gasteiger partial charge >= 0.3 is 6.03 Å². The number of likely N-dealkylation sites (tertiary alicyclic amines) is 1. The molecule has 4 rings (SSSR count). The van der Waals surface area contributed by atoms with Gasteiger partial charge in [-0.25, -0.2) is 4.79 Å². The average Bonchev–Trinajstić information content (AvgIpc) is 2.70. The van der Waals surface area contributed by atoms with Crippen molar-refractivity contribution in [3.63, 3.8) is 0 Å². The topological polar surface area (TPSA) is 67.3 Å². The van der Waals surface area contributed by atoms with E-state index in [0.29, 0.717) is 12.4 Å². The number of rotatable bonds is 3. The Labute approximate surface area is 158 Å². The van der Waals surface area contributed by atoms with Crippen LogP contribution in [0.5, 0.6) is 5.88 Å². The second kappa shape index (κ2) is 7.61. The quantitative estimate of drug-likeness (QED) is 0.764. The molecule has 6 nitrogen and oxygen atoms in total. The molecule has 0 bridgehead atoms. The van der Waals surface area contributed by atoms with E-state index >= 15 is 0 Å². The highest BCUT2D eigenvalue weighted by Gasteiger charge is 2.25. The predicted octanol–water partition coefficient (Wildman–Crippen LogP) is 4.01. The first kappa shape index (κ1) is 17.3. The molecule has 1 atom stereocenters. The summed E-state index contributed by atoms with van der Waals surface area (Å²) in [6.45, 7) is 3.14. The van der Waals surface area contributed by atoms with Crippen LogP contribution >= 0.6 is 0 Å². The number of nitrogens with zero attached hydrogens (tertiary/aromatic N) is 3. The van der Waals surface area contributed by atoms with Gasteiger partial charge in [0, 0.05) is 18.0 Å². The lowest BCUT2D eigenvalue weighted by molar-refractivity contribution is 0.102. The highest BCUT2D eigenvalue weighted by atomic mass is 16.5. The zero-order valence-electron chi connectivity index (χ0n) is 15.3. The lowest BCUT2D eigenvalue weighted by Gasteiger charge is -2.32. The molecule has 1 aromatic heterocycles. The zero-order valence-corrected chi connectivity index (χ0v) is 15.3. The number of amides is 2. The fourth-order valence-electron chi connectivity index (χ4n) is 3.37. The third-order valence-corrected chi connectivity index (χ3v) is 4.76. The average molecular weight is 362 g/mol. The summed E-state index contributed by atoms with van der Waals surface area (Å²) in [5, 5.41) is 13.3. The number of carbonyl (C=O) groups is 1. The van der Waals surface area contributed by atoms with Crippen molar-refractivity contribution in [3.8, 4) is 5.88 Å². The van der Waals surface area contributed by atoms with Crippen molar-refractivity contribution >= 4 is 22.5 Å². The van der Waals surface area contributed by atoms with Crippen LogP contribution in [-0.4, -0.2) is 40.3 Å². The molecule has 1 fully saturated rings. The largest absolute Gasteiger partial charge is 0.471 e. The Balaban J connectivity index is 1.43. The zero-order chi connectivity index (χ0) is 18.6. The lowest BCUT2D eigenvalue weighted by Crippen LogP contribution is -2.46. The summed E-state index contributed by atoms with van der Waals surface area (Å²) in [6, 6.07) is 17.5. The van der Waals surface area contributed by atoms with E-state index in [1.54, 1.807) is 4.90 Å². The summed E-state index contributed by atoms with van der Waals surface area (Å²) in [5.74, 6) is 0.502. The first-order chi connectivity index (χ1) is 13.2. The van der Waals surface area contributed by atoms with Crippen LogP contribution in [0.15, 0.2) is 54.6 Å². The van der Waals surface area contributed by atoms with Crippen LogP contribution in [0.1, 0.15) is 18.5 Å². The Bertz CT molecular complexity index is 937. The molecule has 2 heterocycles. The molecule has 1 saturated heterocycles. The van der Waals surface area contributed by atoms with E-state index in [1.165, 1.54) is 0 Å². The number of nitrogens with one attached hydrogen (secondary N) is 1. The van der Waals surface area contributed by atoms with E-state index < -0.39 is 0 Å². The number of hydrogen-bond donors (Lipinski definition) is 1. The van der Waals surface area contributed by atoms with Crippen LogP contribution in [0.2, 0.25) is 0 Å². The Kier molecular flexibility index (Phi) is 4.87. The molecular weight excluding hydrogens is 340 g/mol. The smallest absolute Gasteiger partial charge is 0.321 e. The Morgan fingerprint density at radius 3 is 2.81 bits per heavy atom. The van der Waals surface area contributed by atoms with Gasteiger partial charge in [0.05, 0.1) is 17.9 Å². The molecule has 1 aliphatic rings. The molecular formula is C21H22N4O2. The minimum absolute atomic E-state index is 0.0750. The normalized spacial score (nSPS) is 16.9. The number of ether oxygens (including phenoxy) is 1. The lowest BCUT2D eigenvalue weighted by atomic mass is 10.1. The number of aryl methyl sites for hydroxylation is 1. The van der Waals surface area contributed by atoms with Crippen molar-refractivity contribution in [1.82, 2.24) is 15.1 Å². The summed E-state index contributed by atoms with van der Waals surface area (Å²) < 4.78 is 5.92. The number of piperidine rings is 1. The van der Waals surface area contributed by atoms with Crippen molar-refractivity contribution in [1.29, 1.82) is 0 Å². The van der Waals surface area contributed by atoms with Crippen molar-refractivity contribution in [2.24, 2.45) is 0 Å². The Hall–Kier alpha value is -3.15. The molecule has 1 aliphatic heterocycles. The highest BCUT2D eigenvalue weighted by molar-refractivity contribution is 6.01. The van der Waals surface area contributed by atoms with E-state index in [-0.39, 0.29) is 12.1 Å². The van der Waals surface area contributed by atoms with Crippen LogP contribution in [0, 0.1) is 6.92 Å². The van der Waals surface area contributed by atoms with Gasteiger partial charge < -0.3 is 15.0 Å². The summed E-state index contributed by atoms with van der Waals surface area (Å²) in [7, 11) is 0. The maximum atomic E-state index is 12.8. The molecule has 0 aliphatic carbocycles. The van der Waals surface area contributed by atoms with E-state index in [1.807, 2.05) is 61.5 Å². The first-order valence-electron chi connectivity index (χ1n) is 9.20. The summed E-state index contributed by atoms with van der Waals surface area (Å²) >= 11 is 0. The first-order valence-corrected chi connectivity index (χ1v) is 9.20. The van der Waals surface area contributed by atoms with Crippen molar-refractivity contribution in [3.05, 3.63) is 60.3 Å². The molecule has 1 unspecified atom stereocenters. The molecule has 3 aromatic rings. The highest BCUT2D eigenvalue weighted by Crippen LogP contribution is 2.24. The van der Waals surface area contributed by atoms with Gasteiger partial charge in [0.1, 0.15) is 6.10 Å². The minimum Gasteiger partial charge on any atom is -0.471 e. The summed E-state index contributed by atoms with van der Waals surface area (Å²) in [6.07, 6.45) is 1.72. The Morgan fingerprint density at radius 1 is 1.11 bits per heavy atom. The van der Waals surface area contributed by atoms with E-state index in [4.69, 9.17) is 4.74 Å². The van der Waals surface area contributed by atoms with E-state index in [0.717, 1.165) is 41.5 Å². The van der Waals surface area contributed by atoms with Crippen molar-refractivity contribution in [2.75, 3.05) is 18.4 Å². The van der Waals surface area contributed by atoms with Gasteiger partial charge in [-0.05, 0) is 37.3 Å². The van der Waals surface area contributed by atoms with Crippen LogP contribution < -0.4 is 10.1 Å². The number of carbonyl (C=O) groups excluding carboxylic acids is 1. The number of urea groups is 1. The van der Waals surface area contributed by atoms with Gasteiger partial charge in [0.25, 0.3) is 0 Å². The molecule has 0 spiro atoms. The molecule has 27 heavy (non-hydrogen) atoms. The molecule has 138 valence electrons. The van der Waals surface area contributed by atoms with Crippen LogP contribution in [0.3, 0.4) is 0 Å². The van der Waals surface area contributed by atoms with Gasteiger partial charge in [-0.15, -0.1) is 5.10 Å². The molecule has 6 heteroatoms. The third-order valence-electron chi connectivity index (χ3n) is 4.76. The molecule has 2 amide bonds. The predicted molar refractivity (Wildman–Crippen MR) is 105 cm³/mol. The number of hydrogen-bond acceptors (Lipinski definition) is 4. The fraction of sp³-hybridized carbons (Fsp3) is 0.286. The standard InChI is InChI=1S/C21H22N4O2/c1-15-11-12-20(24-23-15)27-17-8-5-13-25(14-17)21(26)22-19-10-4-7-16-6-2-3-9-18(16)19/h2-4,6-7,9-12,17H,5,8,13-14H2,1H3,(H,22,26). The number of fused-ring (bicyclic) bond motifs is 1. The molecule has 1 N–H and O–H groups in total. The van der Waals surface area contributed by atoms with Gasteiger partial charge in [0.15, 0.2) is 0 Å².